The van der Waals surface area contributed by atoms with Crippen molar-refractivity contribution in [3.05, 3.63) is 11.3 Å². The molecule has 0 bridgehead atoms. The molecule has 0 aliphatic carbocycles. The maximum Gasteiger partial charge on any atom is 0.355 e. The summed E-state index contributed by atoms with van der Waals surface area (Å²) >= 11 is 0. The van der Waals surface area contributed by atoms with Crippen molar-refractivity contribution in [1.82, 2.24) is 4.90 Å². The van der Waals surface area contributed by atoms with E-state index < -0.39 is 36.2 Å². The van der Waals surface area contributed by atoms with Crippen molar-refractivity contribution < 1.29 is 33.8 Å². The van der Waals surface area contributed by atoms with Gasteiger partial charge in [-0.3, -0.25) is 9.59 Å². The molecule has 0 spiro atoms. The highest BCUT2D eigenvalue weighted by atomic mass is 16.5. The van der Waals surface area contributed by atoms with Crippen LogP contribution in [0.25, 0.3) is 0 Å². The van der Waals surface area contributed by atoms with E-state index in [4.69, 9.17) is 5.11 Å². The summed E-state index contributed by atoms with van der Waals surface area (Å²) in [5.41, 5.74) is -0.198. The predicted molar refractivity (Wildman–Crippen MR) is 73.4 cm³/mol. The van der Waals surface area contributed by atoms with E-state index in [1.165, 1.54) is 0 Å². The number of aliphatic carboxylic acids is 1. The van der Waals surface area contributed by atoms with Crippen LogP contribution in [-0.2, 0) is 28.7 Å². The fourth-order valence-corrected chi connectivity index (χ4v) is 2.37. The fourth-order valence-electron chi connectivity index (χ4n) is 2.37. The first-order valence-corrected chi connectivity index (χ1v) is 6.80. The van der Waals surface area contributed by atoms with Gasteiger partial charge in [0.1, 0.15) is 5.70 Å². The molecule has 0 fully saturated rings. The largest absolute Gasteiger partial charge is 0.481 e. The van der Waals surface area contributed by atoms with Crippen molar-refractivity contribution in [3.63, 3.8) is 0 Å². The van der Waals surface area contributed by atoms with Crippen molar-refractivity contribution in [1.29, 1.82) is 0 Å². The molecule has 8 heteroatoms. The van der Waals surface area contributed by atoms with Crippen LogP contribution in [0.15, 0.2) is 11.3 Å². The molecule has 0 saturated carbocycles. The summed E-state index contributed by atoms with van der Waals surface area (Å²) in [6.45, 7) is 1.97. The zero-order chi connectivity index (χ0) is 16.9. The highest BCUT2D eigenvalue weighted by Gasteiger charge is 2.41. The Bertz CT molecular complexity index is 523. The van der Waals surface area contributed by atoms with Crippen LogP contribution in [0.5, 0.6) is 0 Å². The van der Waals surface area contributed by atoms with Crippen molar-refractivity contribution in [2.45, 2.75) is 26.2 Å². The minimum absolute atomic E-state index is 0.0337. The van der Waals surface area contributed by atoms with E-state index in [1.54, 1.807) is 6.92 Å². The first kappa shape index (κ1) is 17.7. The SMILES string of the molecule is CCCN1C(=O)C(CC(=O)O)CC(C(=O)OC)=C1C(=O)OC. The molecule has 0 aromatic rings. The van der Waals surface area contributed by atoms with Crippen LogP contribution in [0, 0.1) is 5.92 Å². The second kappa shape index (κ2) is 7.58. The third-order valence-electron chi connectivity index (χ3n) is 3.30. The van der Waals surface area contributed by atoms with Gasteiger partial charge >= 0.3 is 17.9 Å². The average molecular weight is 313 g/mol. The molecule has 1 atom stereocenters. The molecule has 1 heterocycles. The number of carbonyl (C=O) groups is 4. The van der Waals surface area contributed by atoms with Crippen molar-refractivity contribution >= 4 is 23.8 Å². The summed E-state index contributed by atoms with van der Waals surface area (Å²) in [5, 5.41) is 8.91. The maximum absolute atomic E-state index is 12.4. The van der Waals surface area contributed by atoms with E-state index in [9.17, 15) is 19.2 Å². The summed E-state index contributed by atoms with van der Waals surface area (Å²) in [6.07, 6.45) is -0.0586. The zero-order valence-corrected chi connectivity index (χ0v) is 12.7. The minimum atomic E-state index is -1.15. The lowest BCUT2D eigenvalue weighted by Gasteiger charge is -2.33. The van der Waals surface area contributed by atoms with Gasteiger partial charge in [0.05, 0.1) is 32.1 Å². The molecule has 0 aromatic carbocycles. The van der Waals surface area contributed by atoms with Gasteiger partial charge in [-0.25, -0.2) is 9.59 Å². The van der Waals surface area contributed by atoms with Gasteiger partial charge < -0.3 is 19.5 Å². The molecule has 122 valence electrons. The Balaban J connectivity index is 3.38. The Hall–Kier alpha value is -2.38. The van der Waals surface area contributed by atoms with Gasteiger partial charge in [0.2, 0.25) is 5.91 Å². The van der Waals surface area contributed by atoms with Crippen LogP contribution in [0.3, 0.4) is 0 Å². The van der Waals surface area contributed by atoms with E-state index in [0.717, 1.165) is 19.1 Å². The van der Waals surface area contributed by atoms with E-state index in [2.05, 4.69) is 9.47 Å². The fraction of sp³-hybridized carbons (Fsp3) is 0.571. The van der Waals surface area contributed by atoms with Crippen LogP contribution in [0.2, 0.25) is 0 Å². The van der Waals surface area contributed by atoms with E-state index >= 15 is 0 Å². The van der Waals surface area contributed by atoms with Crippen molar-refractivity contribution in [2.24, 2.45) is 5.92 Å². The Labute approximate surface area is 127 Å². The number of nitrogens with zero attached hydrogens (tertiary/aromatic N) is 1. The maximum atomic E-state index is 12.4. The summed E-state index contributed by atoms with van der Waals surface area (Å²) in [4.78, 5) is 48.3. The first-order chi connectivity index (χ1) is 10.4. The van der Waals surface area contributed by atoms with Crippen LogP contribution in [-0.4, -0.2) is 54.6 Å². The number of carboxylic acids is 1. The molecular weight excluding hydrogens is 294 g/mol. The molecule has 1 aliphatic rings. The predicted octanol–water partition coefficient (Wildman–Crippen LogP) is 0.320. The van der Waals surface area contributed by atoms with Gasteiger partial charge in [0.25, 0.3) is 0 Å². The Morgan fingerprint density at radius 3 is 2.27 bits per heavy atom. The number of ether oxygens (including phenoxy) is 2. The monoisotopic (exact) mass is 313 g/mol. The molecule has 22 heavy (non-hydrogen) atoms. The molecule has 0 saturated heterocycles. The van der Waals surface area contributed by atoms with Gasteiger partial charge in [-0.1, -0.05) is 6.92 Å². The van der Waals surface area contributed by atoms with Crippen LogP contribution >= 0.6 is 0 Å². The molecule has 0 aromatic heterocycles. The number of hydrogen-bond donors (Lipinski definition) is 1. The third-order valence-corrected chi connectivity index (χ3v) is 3.30. The van der Waals surface area contributed by atoms with E-state index in [0.29, 0.717) is 6.42 Å². The summed E-state index contributed by atoms with van der Waals surface area (Å²) in [7, 11) is 2.29. The van der Waals surface area contributed by atoms with Crippen LogP contribution < -0.4 is 0 Å². The lowest BCUT2D eigenvalue weighted by molar-refractivity contribution is -0.149. The summed E-state index contributed by atoms with van der Waals surface area (Å²) in [5.74, 6) is -4.16. The lowest BCUT2D eigenvalue weighted by Crippen LogP contribution is -2.45. The highest BCUT2D eigenvalue weighted by molar-refractivity contribution is 6.05. The van der Waals surface area contributed by atoms with Crippen LogP contribution in [0.1, 0.15) is 26.2 Å². The number of carboxylic acid groups (broad SMARTS) is 1. The number of amides is 1. The Morgan fingerprint density at radius 1 is 1.23 bits per heavy atom. The average Bonchev–Trinajstić information content (AvgIpc) is 2.49. The number of rotatable bonds is 6. The van der Waals surface area contributed by atoms with Gasteiger partial charge in [-0.05, 0) is 12.8 Å². The molecule has 1 amide bonds. The molecule has 0 radical (unpaired) electrons. The van der Waals surface area contributed by atoms with Gasteiger partial charge in [0, 0.05) is 6.54 Å². The molecule has 1 aliphatic heterocycles. The number of methoxy groups -OCH3 is 2. The van der Waals surface area contributed by atoms with Gasteiger partial charge in [-0.15, -0.1) is 0 Å². The van der Waals surface area contributed by atoms with Crippen molar-refractivity contribution in [3.8, 4) is 0 Å². The smallest absolute Gasteiger partial charge is 0.355 e. The summed E-state index contributed by atoms with van der Waals surface area (Å²) in [6, 6.07) is 0. The number of carbonyl (C=O) groups excluding carboxylic acids is 3. The molecular formula is C14H19NO7. The topological polar surface area (TPSA) is 110 Å². The first-order valence-electron chi connectivity index (χ1n) is 6.80. The lowest BCUT2D eigenvalue weighted by atomic mass is 9.89. The Kier molecular flexibility index (Phi) is 6.09. The normalized spacial score (nSPS) is 18.2. The highest BCUT2D eigenvalue weighted by Crippen LogP contribution is 2.31. The molecule has 1 rings (SSSR count). The van der Waals surface area contributed by atoms with Gasteiger partial charge in [-0.2, -0.15) is 0 Å². The minimum Gasteiger partial charge on any atom is -0.481 e. The third kappa shape index (κ3) is 3.63. The second-order valence-corrected chi connectivity index (χ2v) is 4.80. The standard InChI is InChI=1S/C14H19NO7/c1-4-5-15-11(14(20)22-3)9(13(19)21-2)6-8(12(15)18)7-10(16)17/h8H,4-7H2,1-3H3,(H,16,17). The quantitative estimate of drug-likeness (QED) is 0.703. The number of esters is 2. The molecule has 1 N–H and O–H groups in total. The molecule has 8 nitrogen and oxygen atoms in total. The van der Waals surface area contributed by atoms with E-state index in [-0.39, 0.29) is 24.2 Å². The zero-order valence-electron chi connectivity index (χ0n) is 12.7. The van der Waals surface area contributed by atoms with Gasteiger partial charge in [0.15, 0.2) is 0 Å². The summed E-state index contributed by atoms with van der Waals surface area (Å²) < 4.78 is 9.28. The van der Waals surface area contributed by atoms with Crippen molar-refractivity contribution in [2.75, 3.05) is 20.8 Å². The number of hydrogen-bond acceptors (Lipinski definition) is 6. The second-order valence-electron chi connectivity index (χ2n) is 4.80. The van der Waals surface area contributed by atoms with Crippen LogP contribution in [0.4, 0.5) is 0 Å². The Morgan fingerprint density at radius 2 is 1.82 bits per heavy atom. The van der Waals surface area contributed by atoms with E-state index in [1.807, 2.05) is 0 Å². The molecule has 1 unspecified atom stereocenters.